The lowest BCUT2D eigenvalue weighted by Crippen LogP contribution is -2.02. The van der Waals surface area contributed by atoms with Gasteiger partial charge in [0.05, 0.1) is 0 Å². The SMILES string of the molecule is C=C(Br)[C@H](CC(C)C)c1ccccc1. The van der Waals surface area contributed by atoms with Gasteiger partial charge in [0.25, 0.3) is 0 Å². The second-order valence-corrected chi connectivity index (χ2v) is 5.06. The van der Waals surface area contributed by atoms with Gasteiger partial charge in [-0.05, 0) is 22.4 Å². The summed E-state index contributed by atoms with van der Waals surface area (Å²) in [6.07, 6.45) is 1.15. The number of hydrogen-bond acceptors (Lipinski definition) is 0. The molecule has 0 nitrogen and oxygen atoms in total. The summed E-state index contributed by atoms with van der Waals surface area (Å²) in [4.78, 5) is 0. The minimum Gasteiger partial charge on any atom is -0.0882 e. The minimum absolute atomic E-state index is 0.441. The Balaban J connectivity index is 2.84. The van der Waals surface area contributed by atoms with Gasteiger partial charge in [-0.15, -0.1) is 0 Å². The van der Waals surface area contributed by atoms with Crippen molar-refractivity contribution in [2.45, 2.75) is 26.2 Å². The maximum atomic E-state index is 4.00. The Morgan fingerprint density at radius 1 is 1.29 bits per heavy atom. The quantitative estimate of drug-likeness (QED) is 0.728. The number of hydrogen-bond donors (Lipinski definition) is 0. The van der Waals surface area contributed by atoms with Crippen molar-refractivity contribution >= 4 is 15.9 Å². The van der Waals surface area contributed by atoms with Crippen LogP contribution in [0.15, 0.2) is 41.4 Å². The number of halogens is 1. The summed E-state index contributed by atoms with van der Waals surface area (Å²) in [7, 11) is 0. The van der Waals surface area contributed by atoms with Gasteiger partial charge in [-0.2, -0.15) is 0 Å². The summed E-state index contributed by atoms with van der Waals surface area (Å²) >= 11 is 3.51. The van der Waals surface area contributed by atoms with Gasteiger partial charge in [-0.3, -0.25) is 0 Å². The molecule has 0 radical (unpaired) electrons. The first-order valence-electron chi connectivity index (χ1n) is 5.00. The van der Waals surface area contributed by atoms with E-state index in [1.807, 2.05) is 6.07 Å². The van der Waals surface area contributed by atoms with E-state index in [0.717, 1.165) is 10.9 Å². The average Bonchev–Trinajstić information content (AvgIpc) is 2.15. The number of rotatable bonds is 4. The van der Waals surface area contributed by atoms with Crippen LogP contribution in [0, 0.1) is 5.92 Å². The van der Waals surface area contributed by atoms with Crippen molar-refractivity contribution in [3.63, 3.8) is 0 Å². The normalized spacial score (nSPS) is 12.9. The summed E-state index contributed by atoms with van der Waals surface area (Å²) in [6.45, 7) is 8.49. The standard InChI is InChI=1S/C13H17Br/c1-10(2)9-13(11(3)14)12-7-5-4-6-8-12/h4-8,10,13H,3,9H2,1-2H3/t13-/m0/s1. The Hall–Kier alpha value is -0.560. The zero-order valence-electron chi connectivity index (χ0n) is 8.83. The van der Waals surface area contributed by atoms with Gasteiger partial charge in [-0.1, -0.05) is 66.7 Å². The molecule has 0 amide bonds. The topological polar surface area (TPSA) is 0 Å². The average molecular weight is 253 g/mol. The molecule has 76 valence electrons. The van der Waals surface area contributed by atoms with Crippen LogP contribution >= 0.6 is 15.9 Å². The Bertz CT molecular complexity index is 287. The van der Waals surface area contributed by atoms with Crippen LogP contribution in [-0.2, 0) is 0 Å². The first-order chi connectivity index (χ1) is 6.61. The molecule has 0 saturated carbocycles. The van der Waals surface area contributed by atoms with Crippen LogP contribution in [0.1, 0.15) is 31.7 Å². The van der Waals surface area contributed by atoms with Crippen LogP contribution in [0.3, 0.4) is 0 Å². The highest BCUT2D eigenvalue weighted by atomic mass is 79.9. The fraction of sp³-hybridized carbons (Fsp3) is 0.385. The van der Waals surface area contributed by atoms with E-state index < -0.39 is 0 Å². The van der Waals surface area contributed by atoms with Crippen molar-refractivity contribution in [3.8, 4) is 0 Å². The molecule has 0 aliphatic heterocycles. The summed E-state index contributed by atoms with van der Waals surface area (Å²) < 4.78 is 1.08. The van der Waals surface area contributed by atoms with Crippen LogP contribution in [-0.4, -0.2) is 0 Å². The van der Waals surface area contributed by atoms with E-state index in [4.69, 9.17) is 0 Å². The Kier molecular flexibility index (Phi) is 4.40. The van der Waals surface area contributed by atoms with Crippen molar-refractivity contribution in [1.29, 1.82) is 0 Å². The monoisotopic (exact) mass is 252 g/mol. The van der Waals surface area contributed by atoms with Crippen LogP contribution in [0.2, 0.25) is 0 Å². The first kappa shape index (κ1) is 11.5. The molecule has 0 N–H and O–H groups in total. The molecule has 1 aromatic carbocycles. The summed E-state index contributed by atoms with van der Waals surface area (Å²) in [5.74, 6) is 1.13. The van der Waals surface area contributed by atoms with Crippen molar-refractivity contribution in [1.82, 2.24) is 0 Å². The van der Waals surface area contributed by atoms with Crippen LogP contribution < -0.4 is 0 Å². The van der Waals surface area contributed by atoms with E-state index in [-0.39, 0.29) is 0 Å². The van der Waals surface area contributed by atoms with E-state index in [0.29, 0.717) is 11.8 Å². The predicted octanol–water partition coefficient (Wildman–Crippen LogP) is 4.72. The molecular weight excluding hydrogens is 236 g/mol. The van der Waals surface area contributed by atoms with E-state index in [2.05, 4.69) is 60.6 Å². The minimum atomic E-state index is 0.441. The molecule has 0 saturated heterocycles. The molecule has 0 unspecified atom stereocenters. The fourth-order valence-corrected chi connectivity index (χ4v) is 2.05. The third-order valence-electron chi connectivity index (χ3n) is 2.29. The molecule has 0 heterocycles. The van der Waals surface area contributed by atoms with Crippen LogP contribution in [0.25, 0.3) is 0 Å². The highest BCUT2D eigenvalue weighted by molar-refractivity contribution is 9.11. The third-order valence-corrected chi connectivity index (χ3v) is 2.84. The Morgan fingerprint density at radius 3 is 2.29 bits per heavy atom. The number of benzene rings is 1. The molecular formula is C13H17Br. The largest absolute Gasteiger partial charge is 0.0882 e. The summed E-state index contributed by atoms with van der Waals surface area (Å²) in [5, 5.41) is 0. The lowest BCUT2D eigenvalue weighted by molar-refractivity contribution is 0.548. The molecule has 0 bridgehead atoms. The lowest BCUT2D eigenvalue weighted by Gasteiger charge is -2.18. The van der Waals surface area contributed by atoms with Gasteiger partial charge in [0.15, 0.2) is 0 Å². The highest BCUT2D eigenvalue weighted by Gasteiger charge is 2.14. The lowest BCUT2D eigenvalue weighted by atomic mass is 9.90. The highest BCUT2D eigenvalue weighted by Crippen LogP contribution is 2.32. The van der Waals surface area contributed by atoms with E-state index in [1.54, 1.807) is 0 Å². The molecule has 14 heavy (non-hydrogen) atoms. The molecule has 0 aromatic heterocycles. The molecule has 1 heteroatoms. The molecule has 0 spiro atoms. The van der Waals surface area contributed by atoms with Crippen molar-refractivity contribution in [2.24, 2.45) is 5.92 Å². The zero-order valence-corrected chi connectivity index (χ0v) is 10.4. The summed E-state index contributed by atoms with van der Waals surface area (Å²) in [6, 6.07) is 10.5. The van der Waals surface area contributed by atoms with Crippen LogP contribution in [0.4, 0.5) is 0 Å². The molecule has 0 aliphatic carbocycles. The summed E-state index contributed by atoms with van der Waals surface area (Å²) in [5.41, 5.74) is 1.35. The van der Waals surface area contributed by atoms with E-state index in [9.17, 15) is 0 Å². The number of allylic oxidation sites excluding steroid dienone is 1. The fourth-order valence-electron chi connectivity index (χ4n) is 1.60. The van der Waals surface area contributed by atoms with Crippen molar-refractivity contribution < 1.29 is 0 Å². The van der Waals surface area contributed by atoms with Gasteiger partial charge >= 0.3 is 0 Å². The smallest absolute Gasteiger partial charge is 0.0152 e. The van der Waals surface area contributed by atoms with E-state index >= 15 is 0 Å². The second kappa shape index (κ2) is 5.35. The van der Waals surface area contributed by atoms with Crippen molar-refractivity contribution in [2.75, 3.05) is 0 Å². The van der Waals surface area contributed by atoms with Gasteiger partial charge in [0.2, 0.25) is 0 Å². The Morgan fingerprint density at radius 2 is 1.86 bits per heavy atom. The molecule has 1 rings (SSSR count). The second-order valence-electron chi connectivity index (χ2n) is 4.04. The van der Waals surface area contributed by atoms with Gasteiger partial charge in [-0.25, -0.2) is 0 Å². The third kappa shape index (κ3) is 3.30. The molecule has 0 fully saturated rings. The molecule has 0 aliphatic rings. The van der Waals surface area contributed by atoms with Crippen LogP contribution in [0.5, 0.6) is 0 Å². The molecule has 1 aromatic rings. The Labute approximate surface area is 95.2 Å². The van der Waals surface area contributed by atoms with Gasteiger partial charge in [0.1, 0.15) is 0 Å². The zero-order chi connectivity index (χ0) is 10.6. The maximum Gasteiger partial charge on any atom is 0.0152 e. The predicted molar refractivity (Wildman–Crippen MR) is 66.7 cm³/mol. The van der Waals surface area contributed by atoms with Gasteiger partial charge in [0, 0.05) is 5.92 Å². The maximum absolute atomic E-state index is 4.00. The molecule has 1 atom stereocenters. The van der Waals surface area contributed by atoms with Gasteiger partial charge < -0.3 is 0 Å². The van der Waals surface area contributed by atoms with E-state index in [1.165, 1.54) is 5.56 Å². The first-order valence-corrected chi connectivity index (χ1v) is 5.79. The van der Waals surface area contributed by atoms with Crippen molar-refractivity contribution in [3.05, 3.63) is 47.0 Å².